The molecule has 0 aliphatic rings. The van der Waals surface area contributed by atoms with Crippen LogP contribution in [0.2, 0.25) is 0 Å². The first-order chi connectivity index (χ1) is 7.72. The zero-order valence-electron chi connectivity index (χ0n) is 10.1. The third-order valence-corrected chi connectivity index (χ3v) is 1.79. The van der Waals surface area contributed by atoms with E-state index in [9.17, 15) is 0 Å². The fraction of sp³-hybridized carbons (Fsp3) is 0.636. The molecule has 90 valence electrons. The lowest BCUT2D eigenvalue weighted by atomic mass is 10.4. The van der Waals surface area contributed by atoms with Gasteiger partial charge in [0.2, 0.25) is 5.88 Å². The summed E-state index contributed by atoms with van der Waals surface area (Å²) in [4.78, 5) is 8.33. The SMILES string of the molecule is COCCCOc1cncc(NC(C)C)n1. The van der Waals surface area contributed by atoms with E-state index in [1.165, 1.54) is 0 Å². The minimum absolute atomic E-state index is 0.332. The predicted octanol–water partition coefficient (Wildman–Crippen LogP) is 1.71. The van der Waals surface area contributed by atoms with E-state index < -0.39 is 0 Å². The van der Waals surface area contributed by atoms with Crippen LogP contribution in [0, 0.1) is 0 Å². The maximum Gasteiger partial charge on any atom is 0.234 e. The van der Waals surface area contributed by atoms with Crippen molar-refractivity contribution in [1.29, 1.82) is 0 Å². The first kappa shape index (κ1) is 12.7. The van der Waals surface area contributed by atoms with Crippen LogP contribution in [-0.2, 0) is 4.74 Å². The van der Waals surface area contributed by atoms with Crippen molar-refractivity contribution in [3.63, 3.8) is 0 Å². The van der Waals surface area contributed by atoms with Crippen LogP contribution in [0.25, 0.3) is 0 Å². The minimum atomic E-state index is 0.332. The van der Waals surface area contributed by atoms with Crippen LogP contribution in [0.1, 0.15) is 20.3 Å². The molecule has 5 heteroatoms. The van der Waals surface area contributed by atoms with Crippen molar-refractivity contribution < 1.29 is 9.47 Å². The highest BCUT2D eigenvalue weighted by Crippen LogP contribution is 2.09. The van der Waals surface area contributed by atoms with Crippen LogP contribution in [0.15, 0.2) is 12.4 Å². The van der Waals surface area contributed by atoms with Gasteiger partial charge in [0.25, 0.3) is 0 Å². The lowest BCUT2D eigenvalue weighted by molar-refractivity contribution is 0.170. The maximum atomic E-state index is 5.44. The molecule has 1 heterocycles. The Morgan fingerprint density at radius 3 is 2.81 bits per heavy atom. The molecule has 5 nitrogen and oxygen atoms in total. The summed E-state index contributed by atoms with van der Waals surface area (Å²) in [6, 6.07) is 0.332. The second-order valence-corrected chi connectivity index (χ2v) is 3.74. The van der Waals surface area contributed by atoms with Crippen molar-refractivity contribution in [3.05, 3.63) is 12.4 Å². The van der Waals surface area contributed by atoms with Crippen molar-refractivity contribution >= 4 is 5.82 Å². The number of hydrogen-bond donors (Lipinski definition) is 1. The summed E-state index contributed by atoms with van der Waals surface area (Å²) in [5.41, 5.74) is 0. The molecule has 0 saturated heterocycles. The number of ether oxygens (including phenoxy) is 2. The summed E-state index contributed by atoms with van der Waals surface area (Å²) >= 11 is 0. The van der Waals surface area contributed by atoms with Crippen LogP contribution < -0.4 is 10.1 Å². The summed E-state index contributed by atoms with van der Waals surface area (Å²) in [5.74, 6) is 1.28. The van der Waals surface area contributed by atoms with Crippen LogP contribution >= 0.6 is 0 Å². The Kier molecular flexibility index (Phi) is 5.56. The predicted molar refractivity (Wildman–Crippen MR) is 62.8 cm³/mol. The van der Waals surface area contributed by atoms with Gasteiger partial charge >= 0.3 is 0 Å². The number of nitrogens with one attached hydrogen (secondary N) is 1. The second kappa shape index (κ2) is 7.00. The standard InChI is InChI=1S/C11H19N3O2/c1-9(2)13-10-7-12-8-11(14-10)16-6-4-5-15-3/h7-9H,4-6H2,1-3H3,(H,13,14). The molecule has 0 spiro atoms. The summed E-state index contributed by atoms with van der Waals surface area (Å²) in [7, 11) is 1.67. The summed E-state index contributed by atoms with van der Waals surface area (Å²) < 4.78 is 10.4. The van der Waals surface area contributed by atoms with Crippen molar-refractivity contribution in [2.24, 2.45) is 0 Å². The maximum absolute atomic E-state index is 5.44. The first-order valence-corrected chi connectivity index (χ1v) is 5.42. The molecule has 16 heavy (non-hydrogen) atoms. The van der Waals surface area contributed by atoms with E-state index >= 15 is 0 Å². The van der Waals surface area contributed by atoms with E-state index in [1.54, 1.807) is 19.5 Å². The van der Waals surface area contributed by atoms with E-state index in [4.69, 9.17) is 9.47 Å². The lowest BCUT2D eigenvalue weighted by Gasteiger charge is -2.10. The van der Waals surface area contributed by atoms with Gasteiger partial charge in [-0.15, -0.1) is 0 Å². The fourth-order valence-electron chi connectivity index (χ4n) is 1.16. The van der Waals surface area contributed by atoms with Gasteiger partial charge in [0, 0.05) is 26.2 Å². The van der Waals surface area contributed by atoms with Gasteiger partial charge in [-0.05, 0) is 13.8 Å². The van der Waals surface area contributed by atoms with Gasteiger partial charge < -0.3 is 14.8 Å². The smallest absolute Gasteiger partial charge is 0.234 e. The van der Waals surface area contributed by atoms with Gasteiger partial charge in [0.05, 0.1) is 19.0 Å². The normalized spacial score (nSPS) is 10.5. The average molecular weight is 225 g/mol. The molecule has 0 unspecified atom stereocenters. The largest absolute Gasteiger partial charge is 0.476 e. The van der Waals surface area contributed by atoms with E-state index in [0.29, 0.717) is 25.1 Å². The number of anilines is 1. The molecule has 0 bridgehead atoms. The van der Waals surface area contributed by atoms with Gasteiger partial charge in [-0.25, -0.2) is 0 Å². The third-order valence-electron chi connectivity index (χ3n) is 1.79. The highest BCUT2D eigenvalue weighted by Gasteiger charge is 2.00. The molecular weight excluding hydrogens is 206 g/mol. The molecule has 0 atom stereocenters. The van der Waals surface area contributed by atoms with E-state index in [2.05, 4.69) is 15.3 Å². The molecule has 0 radical (unpaired) electrons. The highest BCUT2D eigenvalue weighted by atomic mass is 16.5. The van der Waals surface area contributed by atoms with E-state index in [-0.39, 0.29) is 0 Å². The Morgan fingerprint density at radius 2 is 2.12 bits per heavy atom. The molecule has 0 fully saturated rings. The first-order valence-electron chi connectivity index (χ1n) is 5.42. The topological polar surface area (TPSA) is 56.3 Å². The van der Waals surface area contributed by atoms with Crippen molar-refractivity contribution in [1.82, 2.24) is 9.97 Å². The van der Waals surface area contributed by atoms with E-state index in [0.717, 1.165) is 12.2 Å². The Bertz CT molecular complexity index is 305. The number of rotatable bonds is 7. The molecule has 1 aromatic rings. The Hall–Kier alpha value is -1.36. The fourth-order valence-corrected chi connectivity index (χ4v) is 1.16. The lowest BCUT2D eigenvalue weighted by Crippen LogP contribution is -2.12. The van der Waals surface area contributed by atoms with Crippen molar-refractivity contribution in [3.8, 4) is 5.88 Å². The Labute approximate surface area is 96.2 Å². The summed E-state index contributed by atoms with van der Waals surface area (Å²) in [6.07, 6.45) is 4.14. The second-order valence-electron chi connectivity index (χ2n) is 3.74. The molecule has 0 aliphatic heterocycles. The van der Waals surface area contributed by atoms with Gasteiger partial charge in [0.1, 0.15) is 5.82 Å². The van der Waals surface area contributed by atoms with Crippen molar-refractivity contribution in [2.45, 2.75) is 26.3 Å². The molecule has 0 amide bonds. The third kappa shape index (κ3) is 4.93. The van der Waals surface area contributed by atoms with Crippen LogP contribution in [0.5, 0.6) is 5.88 Å². The molecule has 0 aliphatic carbocycles. The quantitative estimate of drug-likeness (QED) is 0.716. The molecular formula is C11H19N3O2. The monoisotopic (exact) mass is 225 g/mol. The molecule has 1 rings (SSSR count). The van der Waals surface area contributed by atoms with Crippen LogP contribution in [0.3, 0.4) is 0 Å². The number of methoxy groups -OCH3 is 1. The van der Waals surface area contributed by atoms with Crippen molar-refractivity contribution in [2.75, 3.05) is 25.6 Å². The Morgan fingerprint density at radius 1 is 1.31 bits per heavy atom. The number of nitrogens with zero attached hydrogens (tertiary/aromatic N) is 2. The zero-order chi connectivity index (χ0) is 11.8. The zero-order valence-corrected chi connectivity index (χ0v) is 10.1. The van der Waals surface area contributed by atoms with E-state index in [1.807, 2.05) is 13.8 Å². The van der Waals surface area contributed by atoms with Crippen LogP contribution in [0.4, 0.5) is 5.82 Å². The van der Waals surface area contributed by atoms with Gasteiger partial charge in [0.15, 0.2) is 0 Å². The van der Waals surface area contributed by atoms with Gasteiger partial charge in [-0.3, -0.25) is 4.98 Å². The molecule has 1 N–H and O–H groups in total. The Balaban J connectivity index is 2.41. The highest BCUT2D eigenvalue weighted by molar-refractivity contribution is 5.33. The van der Waals surface area contributed by atoms with Crippen LogP contribution in [-0.4, -0.2) is 36.3 Å². The molecule has 1 aromatic heterocycles. The number of hydrogen-bond acceptors (Lipinski definition) is 5. The van der Waals surface area contributed by atoms with Gasteiger partial charge in [-0.2, -0.15) is 4.98 Å². The molecule has 0 aromatic carbocycles. The van der Waals surface area contributed by atoms with Gasteiger partial charge in [-0.1, -0.05) is 0 Å². The molecule has 0 saturated carbocycles. The minimum Gasteiger partial charge on any atom is -0.476 e. The summed E-state index contributed by atoms with van der Waals surface area (Å²) in [5, 5.41) is 3.17. The average Bonchev–Trinajstić information content (AvgIpc) is 2.24. The summed E-state index contributed by atoms with van der Waals surface area (Å²) in [6.45, 7) is 5.38. The number of aromatic nitrogens is 2.